The Bertz CT molecular complexity index is 548. The lowest BCUT2D eigenvalue weighted by molar-refractivity contribution is 0.162. The predicted molar refractivity (Wildman–Crippen MR) is 80.1 cm³/mol. The molecule has 0 saturated carbocycles. The van der Waals surface area contributed by atoms with Gasteiger partial charge in [-0.25, -0.2) is 0 Å². The van der Waals surface area contributed by atoms with Crippen molar-refractivity contribution in [2.45, 2.75) is 46.1 Å². The normalized spacial score (nSPS) is 13.1. The Morgan fingerprint density at radius 2 is 1.89 bits per heavy atom. The second kappa shape index (κ2) is 6.16. The highest BCUT2D eigenvalue weighted by atomic mass is 16.3. The van der Waals surface area contributed by atoms with Crippen molar-refractivity contribution in [3.63, 3.8) is 0 Å². The number of pyridine rings is 1. The molecule has 0 aliphatic carbocycles. The van der Waals surface area contributed by atoms with E-state index in [0.29, 0.717) is 5.92 Å². The Morgan fingerprint density at radius 1 is 1.11 bits per heavy atom. The summed E-state index contributed by atoms with van der Waals surface area (Å²) in [6.45, 7) is 6.43. The third kappa shape index (κ3) is 3.77. The number of aromatic nitrogens is 1. The van der Waals surface area contributed by atoms with Gasteiger partial charge < -0.3 is 5.11 Å². The number of benzene rings is 1. The average Bonchev–Trinajstić information content (AvgIpc) is 2.37. The number of nitrogens with zero attached hydrogens (tertiary/aromatic N) is 1. The summed E-state index contributed by atoms with van der Waals surface area (Å²) in [5, 5.41) is 11.3. The van der Waals surface area contributed by atoms with Crippen molar-refractivity contribution in [3.8, 4) is 0 Å². The third-order valence-electron chi connectivity index (χ3n) is 3.50. The van der Waals surface area contributed by atoms with Gasteiger partial charge in [-0.2, -0.15) is 0 Å². The smallest absolute Gasteiger partial charge is 0.0790 e. The lowest BCUT2D eigenvalue weighted by atomic mass is 9.99. The van der Waals surface area contributed by atoms with Crippen LogP contribution >= 0.6 is 0 Å². The van der Waals surface area contributed by atoms with Gasteiger partial charge in [0, 0.05) is 11.1 Å². The summed E-state index contributed by atoms with van der Waals surface area (Å²) in [7, 11) is 0. The zero-order valence-electron chi connectivity index (χ0n) is 12.1. The fourth-order valence-electron chi connectivity index (χ4n) is 2.34. The zero-order valence-corrected chi connectivity index (χ0v) is 12.1. The molecule has 0 radical (unpaired) electrons. The van der Waals surface area contributed by atoms with E-state index in [0.717, 1.165) is 35.0 Å². The first kappa shape index (κ1) is 14.0. The second-order valence-electron chi connectivity index (χ2n) is 5.75. The molecule has 0 bridgehead atoms. The van der Waals surface area contributed by atoms with Crippen LogP contribution in [0.5, 0.6) is 0 Å². The molecular weight excluding hydrogens is 234 g/mol. The van der Waals surface area contributed by atoms with Crippen molar-refractivity contribution < 1.29 is 5.11 Å². The van der Waals surface area contributed by atoms with E-state index in [1.165, 1.54) is 6.42 Å². The number of hydrogen-bond donors (Lipinski definition) is 1. The van der Waals surface area contributed by atoms with Crippen LogP contribution in [0.3, 0.4) is 0 Å². The van der Waals surface area contributed by atoms with Gasteiger partial charge in [-0.05, 0) is 43.0 Å². The Balaban J connectivity index is 2.09. The quantitative estimate of drug-likeness (QED) is 0.861. The molecular formula is C17H23NO. The Hall–Kier alpha value is -1.41. The van der Waals surface area contributed by atoms with E-state index in [9.17, 15) is 5.11 Å². The van der Waals surface area contributed by atoms with Crippen molar-refractivity contribution >= 4 is 10.9 Å². The van der Waals surface area contributed by atoms with Crippen LogP contribution in [0.2, 0.25) is 0 Å². The molecule has 0 amide bonds. The van der Waals surface area contributed by atoms with E-state index < -0.39 is 0 Å². The first-order valence-corrected chi connectivity index (χ1v) is 7.11. The molecule has 1 aromatic heterocycles. The van der Waals surface area contributed by atoms with Gasteiger partial charge in [0.25, 0.3) is 0 Å². The number of aliphatic hydroxyl groups is 1. The van der Waals surface area contributed by atoms with Crippen molar-refractivity contribution in [1.82, 2.24) is 4.98 Å². The van der Waals surface area contributed by atoms with Crippen LogP contribution in [0.4, 0.5) is 0 Å². The number of hydrogen-bond acceptors (Lipinski definition) is 2. The summed E-state index contributed by atoms with van der Waals surface area (Å²) >= 11 is 0. The maximum absolute atomic E-state index is 10.2. The fourth-order valence-corrected chi connectivity index (χ4v) is 2.34. The molecule has 0 saturated heterocycles. The molecule has 2 nitrogen and oxygen atoms in total. The standard InChI is InChI=1S/C17H23NO/c1-12(2)5-4-6-17(19)15-9-10-16-14(11-15)8-7-13(3)18-16/h7-12,17,19H,4-6H2,1-3H3. The van der Waals surface area contributed by atoms with Crippen molar-refractivity contribution in [2.24, 2.45) is 5.92 Å². The third-order valence-corrected chi connectivity index (χ3v) is 3.50. The minimum Gasteiger partial charge on any atom is -0.388 e. The van der Waals surface area contributed by atoms with E-state index in [2.05, 4.69) is 31.0 Å². The fraction of sp³-hybridized carbons (Fsp3) is 0.471. The van der Waals surface area contributed by atoms with Crippen LogP contribution in [-0.2, 0) is 0 Å². The van der Waals surface area contributed by atoms with Gasteiger partial charge in [-0.1, -0.05) is 38.8 Å². The number of aliphatic hydroxyl groups excluding tert-OH is 1. The van der Waals surface area contributed by atoms with Crippen molar-refractivity contribution in [3.05, 3.63) is 41.6 Å². The number of aryl methyl sites for hydroxylation is 1. The van der Waals surface area contributed by atoms with Crippen LogP contribution in [0.1, 0.15) is 50.5 Å². The highest BCUT2D eigenvalue weighted by Gasteiger charge is 2.09. The summed E-state index contributed by atoms with van der Waals surface area (Å²) in [5.41, 5.74) is 3.03. The van der Waals surface area contributed by atoms with Crippen LogP contribution in [0.25, 0.3) is 10.9 Å². The summed E-state index contributed by atoms with van der Waals surface area (Å²) < 4.78 is 0. The maximum atomic E-state index is 10.2. The van der Waals surface area contributed by atoms with Gasteiger partial charge in [-0.3, -0.25) is 4.98 Å². The largest absolute Gasteiger partial charge is 0.388 e. The van der Waals surface area contributed by atoms with E-state index in [-0.39, 0.29) is 6.10 Å². The molecule has 102 valence electrons. The molecule has 1 heterocycles. The number of rotatable bonds is 5. The Labute approximate surface area is 115 Å². The maximum Gasteiger partial charge on any atom is 0.0790 e. The highest BCUT2D eigenvalue weighted by Crippen LogP contribution is 2.24. The highest BCUT2D eigenvalue weighted by molar-refractivity contribution is 5.79. The molecule has 0 fully saturated rings. The van der Waals surface area contributed by atoms with E-state index >= 15 is 0 Å². The van der Waals surface area contributed by atoms with Gasteiger partial charge in [0.1, 0.15) is 0 Å². The van der Waals surface area contributed by atoms with Gasteiger partial charge >= 0.3 is 0 Å². The molecule has 0 aliphatic rings. The van der Waals surface area contributed by atoms with Crippen molar-refractivity contribution in [2.75, 3.05) is 0 Å². The molecule has 19 heavy (non-hydrogen) atoms. The molecule has 2 aromatic rings. The zero-order chi connectivity index (χ0) is 13.8. The Kier molecular flexibility index (Phi) is 4.54. The summed E-state index contributed by atoms with van der Waals surface area (Å²) in [5.74, 6) is 0.705. The SMILES string of the molecule is Cc1ccc2cc(C(O)CCCC(C)C)ccc2n1. The topological polar surface area (TPSA) is 33.1 Å². The van der Waals surface area contributed by atoms with Gasteiger partial charge in [0.05, 0.1) is 11.6 Å². The minimum absolute atomic E-state index is 0.357. The molecule has 0 aliphatic heterocycles. The van der Waals surface area contributed by atoms with Gasteiger partial charge in [0.2, 0.25) is 0 Å². The predicted octanol–water partition coefficient (Wildman–Crippen LogP) is 4.40. The summed E-state index contributed by atoms with van der Waals surface area (Å²) in [4.78, 5) is 4.48. The minimum atomic E-state index is -0.357. The lowest BCUT2D eigenvalue weighted by Crippen LogP contribution is -1.99. The molecule has 1 N–H and O–H groups in total. The van der Waals surface area contributed by atoms with E-state index in [1.807, 2.05) is 25.1 Å². The van der Waals surface area contributed by atoms with E-state index in [4.69, 9.17) is 0 Å². The second-order valence-corrected chi connectivity index (χ2v) is 5.75. The average molecular weight is 257 g/mol. The van der Waals surface area contributed by atoms with E-state index in [1.54, 1.807) is 0 Å². The first-order valence-electron chi connectivity index (χ1n) is 7.11. The monoisotopic (exact) mass is 257 g/mol. The molecule has 2 heteroatoms. The molecule has 1 unspecified atom stereocenters. The van der Waals surface area contributed by atoms with Gasteiger partial charge in [-0.15, -0.1) is 0 Å². The van der Waals surface area contributed by atoms with Crippen LogP contribution < -0.4 is 0 Å². The van der Waals surface area contributed by atoms with Crippen LogP contribution in [0.15, 0.2) is 30.3 Å². The number of fused-ring (bicyclic) bond motifs is 1. The molecule has 2 rings (SSSR count). The summed E-state index contributed by atoms with van der Waals surface area (Å²) in [6.07, 6.45) is 2.72. The first-order chi connectivity index (χ1) is 9.06. The van der Waals surface area contributed by atoms with Gasteiger partial charge in [0.15, 0.2) is 0 Å². The molecule has 0 spiro atoms. The van der Waals surface area contributed by atoms with Crippen LogP contribution in [-0.4, -0.2) is 10.1 Å². The molecule has 1 atom stereocenters. The summed E-state index contributed by atoms with van der Waals surface area (Å²) in [6, 6.07) is 10.1. The van der Waals surface area contributed by atoms with Crippen molar-refractivity contribution in [1.29, 1.82) is 0 Å². The lowest BCUT2D eigenvalue weighted by Gasteiger charge is -2.12. The molecule has 1 aromatic carbocycles. The van der Waals surface area contributed by atoms with Crippen LogP contribution in [0, 0.1) is 12.8 Å². The Morgan fingerprint density at radius 3 is 2.63 bits per heavy atom.